The van der Waals surface area contributed by atoms with Gasteiger partial charge in [-0.3, -0.25) is 4.98 Å². The van der Waals surface area contributed by atoms with E-state index in [1.807, 2.05) is 5.38 Å². The van der Waals surface area contributed by atoms with E-state index < -0.39 is 0 Å². The number of hydrogen-bond donors (Lipinski definition) is 4. The van der Waals surface area contributed by atoms with E-state index in [4.69, 9.17) is 0 Å². The summed E-state index contributed by atoms with van der Waals surface area (Å²) in [4.78, 5) is 3.74. The molecule has 2 heterocycles. The Morgan fingerprint density at radius 2 is 1.16 bits per heavy atom. The quantitative estimate of drug-likeness (QED) is 0.552. The lowest BCUT2D eigenvalue weighted by Gasteiger charge is -2.10. The molecule has 1 aliphatic rings. The van der Waals surface area contributed by atoms with Crippen LogP contribution in [0.4, 0.5) is 0 Å². The molecule has 0 aliphatic carbocycles. The predicted molar refractivity (Wildman–Crippen MR) is 82.8 cm³/mol. The molecule has 1 aromatic rings. The van der Waals surface area contributed by atoms with E-state index in [0.29, 0.717) is 0 Å². The standard InChI is InChI=1S/C10H24N4.C3H3NS/c1-3-11-7-9-13-5-2-6-14-10-8-12-4-1;1-2-5-3-4-1/h11-14H,1-10H2;1-3H. The molecule has 5 nitrogen and oxygen atoms in total. The van der Waals surface area contributed by atoms with Crippen molar-refractivity contribution in [3.05, 3.63) is 17.1 Å². The van der Waals surface area contributed by atoms with E-state index >= 15 is 0 Å². The Morgan fingerprint density at radius 3 is 1.42 bits per heavy atom. The zero-order valence-electron chi connectivity index (χ0n) is 11.7. The topological polar surface area (TPSA) is 61.0 Å². The van der Waals surface area contributed by atoms with E-state index in [0.717, 1.165) is 52.4 Å². The van der Waals surface area contributed by atoms with Gasteiger partial charge in [-0.05, 0) is 39.0 Å². The van der Waals surface area contributed by atoms with Gasteiger partial charge in [0.25, 0.3) is 0 Å². The molecule has 0 unspecified atom stereocenters. The molecule has 1 saturated heterocycles. The highest BCUT2D eigenvalue weighted by Crippen LogP contribution is 1.85. The number of thiazole rings is 1. The van der Waals surface area contributed by atoms with Crippen LogP contribution < -0.4 is 21.3 Å². The van der Waals surface area contributed by atoms with Crippen molar-refractivity contribution in [3.8, 4) is 0 Å². The van der Waals surface area contributed by atoms with Gasteiger partial charge in [0.2, 0.25) is 0 Å². The van der Waals surface area contributed by atoms with Crippen molar-refractivity contribution in [2.24, 2.45) is 0 Å². The molecule has 0 spiro atoms. The normalized spacial score (nSPS) is 19.8. The smallest absolute Gasteiger partial charge is 0.0791 e. The maximum atomic E-state index is 3.74. The fraction of sp³-hybridized carbons (Fsp3) is 0.769. The molecule has 0 atom stereocenters. The molecule has 0 amide bonds. The van der Waals surface area contributed by atoms with E-state index in [2.05, 4.69) is 26.3 Å². The van der Waals surface area contributed by atoms with Crippen molar-refractivity contribution in [2.45, 2.75) is 12.8 Å². The Labute approximate surface area is 120 Å². The van der Waals surface area contributed by atoms with Gasteiger partial charge in [0.05, 0.1) is 5.51 Å². The third kappa shape index (κ3) is 12.3. The molecule has 1 aliphatic heterocycles. The van der Waals surface area contributed by atoms with Gasteiger partial charge >= 0.3 is 0 Å². The highest BCUT2D eigenvalue weighted by molar-refractivity contribution is 7.07. The van der Waals surface area contributed by atoms with Crippen LogP contribution >= 0.6 is 11.3 Å². The van der Waals surface area contributed by atoms with Crippen LogP contribution in [-0.2, 0) is 0 Å². The van der Waals surface area contributed by atoms with Crippen LogP contribution in [0.5, 0.6) is 0 Å². The number of aromatic nitrogens is 1. The summed E-state index contributed by atoms with van der Waals surface area (Å²) < 4.78 is 0. The number of nitrogens with zero attached hydrogens (tertiary/aromatic N) is 1. The second kappa shape index (κ2) is 13.9. The molecular weight excluding hydrogens is 258 g/mol. The third-order valence-corrected chi connectivity index (χ3v) is 3.24. The van der Waals surface area contributed by atoms with Crippen molar-refractivity contribution in [3.63, 3.8) is 0 Å². The first-order valence-corrected chi connectivity index (χ1v) is 8.09. The van der Waals surface area contributed by atoms with Gasteiger partial charge in [-0.1, -0.05) is 0 Å². The minimum absolute atomic E-state index is 1.09. The average Bonchev–Trinajstić information content (AvgIpc) is 3.01. The van der Waals surface area contributed by atoms with Gasteiger partial charge in [-0.15, -0.1) is 11.3 Å². The third-order valence-electron chi connectivity index (χ3n) is 2.72. The Balaban J connectivity index is 0.000000300. The predicted octanol–water partition coefficient (Wildman–Crippen LogP) is 0.282. The molecule has 0 aromatic carbocycles. The van der Waals surface area contributed by atoms with Crippen LogP contribution in [0.3, 0.4) is 0 Å². The fourth-order valence-corrected chi connectivity index (χ4v) is 2.06. The van der Waals surface area contributed by atoms with Crippen molar-refractivity contribution < 1.29 is 0 Å². The first-order chi connectivity index (χ1) is 9.50. The molecule has 0 bridgehead atoms. The molecule has 1 fully saturated rings. The van der Waals surface area contributed by atoms with Gasteiger partial charge in [-0.2, -0.15) is 0 Å². The van der Waals surface area contributed by atoms with Crippen molar-refractivity contribution in [1.82, 2.24) is 26.3 Å². The van der Waals surface area contributed by atoms with E-state index in [-0.39, 0.29) is 0 Å². The highest BCUT2D eigenvalue weighted by Gasteiger charge is 1.93. The van der Waals surface area contributed by atoms with Crippen LogP contribution in [0.2, 0.25) is 0 Å². The molecule has 6 heteroatoms. The van der Waals surface area contributed by atoms with Crippen LogP contribution in [0.25, 0.3) is 0 Å². The van der Waals surface area contributed by atoms with Gasteiger partial charge in [0.1, 0.15) is 0 Å². The molecular formula is C13H27N5S. The van der Waals surface area contributed by atoms with Crippen LogP contribution in [0.15, 0.2) is 17.1 Å². The highest BCUT2D eigenvalue weighted by atomic mass is 32.1. The SMILES string of the molecule is C1CNCCNCCCNCCNC1.c1cscn1. The zero-order valence-corrected chi connectivity index (χ0v) is 12.5. The fourth-order valence-electron chi connectivity index (χ4n) is 1.71. The van der Waals surface area contributed by atoms with Crippen LogP contribution in [0.1, 0.15) is 12.8 Å². The zero-order chi connectivity index (χ0) is 13.4. The monoisotopic (exact) mass is 285 g/mol. The molecule has 110 valence electrons. The summed E-state index contributed by atoms with van der Waals surface area (Å²) in [6, 6.07) is 0. The Morgan fingerprint density at radius 1 is 0.684 bits per heavy atom. The molecule has 0 saturated carbocycles. The van der Waals surface area contributed by atoms with E-state index in [9.17, 15) is 0 Å². The average molecular weight is 285 g/mol. The van der Waals surface area contributed by atoms with Gasteiger partial charge in [-0.25, -0.2) is 0 Å². The summed E-state index contributed by atoms with van der Waals surface area (Å²) >= 11 is 1.60. The number of rotatable bonds is 0. The van der Waals surface area contributed by atoms with Gasteiger partial charge < -0.3 is 21.3 Å². The van der Waals surface area contributed by atoms with Gasteiger partial charge in [0.15, 0.2) is 0 Å². The summed E-state index contributed by atoms with van der Waals surface area (Å²) in [6.07, 6.45) is 4.21. The lowest BCUT2D eigenvalue weighted by molar-refractivity contribution is 0.530. The van der Waals surface area contributed by atoms with Crippen molar-refractivity contribution in [2.75, 3.05) is 52.4 Å². The first kappa shape index (κ1) is 16.5. The lowest BCUT2D eigenvalue weighted by atomic mass is 10.3. The first-order valence-electron chi connectivity index (χ1n) is 7.15. The molecule has 0 radical (unpaired) electrons. The van der Waals surface area contributed by atoms with Gasteiger partial charge in [0, 0.05) is 37.8 Å². The molecule has 4 N–H and O–H groups in total. The second-order valence-corrected chi connectivity index (χ2v) is 5.14. The Hall–Kier alpha value is -0.530. The molecule has 19 heavy (non-hydrogen) atoms. The van der Waals surface area contributed by atoms with E-state index in [1.54, 1.807) is 23.0 Å². The number of hydrogen-bond acceptors (Lipinski definition) is 6. The van der Waals surface area contributed by atoms with Crippen LogP contribution in [-0.4, -0.2) is 57.3 Å². The largest absolute Gasteiger partial charge is 0.315 e. The maximum absolute atomic E-state index is 3.74. The lowest BCUT2D eigenvalue weighted by Crippen LogP contribution is -2.34. The summed E-state index contributed by atoms with van der Waals surface area (Å²) in [5, 5.41) is 15.6. The molecule has 1 aromatic heterocycles. The summed E-state index contributed by atoms with van der Waals surface area (Å²) in [6.45, 7) is 8.87. The van der Waals surface area contributed by atoms with Crippen molar-refractivity contribution in [1.29, 1.82) is 0 Å². The molecule has 2 rings (SSSR count). The minimum Gasteiger partial charge on any atom is -0.315 e. The summed E-state index contributed by atoms with van der Waals surface area (Å²) in [5.74, 6) is 0. The maximum Gasteiger partial charge on any atom is 0.0791 e. The second-order valence-electron chi connectivity index (χ2n) is 4.38. The van der Waals surface area contributed by atoms with E-state index in [1.165, 1.54) is 12.8 Å². The van der Waals surface area contributed by atoms with Crippen LogP contribution in [0, 0.1) is 0 Å². The summed E-state index contributed by atoms with van der Waals surface area (Å²) in [5.41, 5.74) is 1.79. The Kier molecular flexibility index (Phi) is 12.1. The summed E-state index contributed by atoms with van der Waals surface area (Å²) in [7, 11) is 0. The van der Waals surface area contributed by atoms with Crippen molar-refractivity contribution >= 4 is 11.3 Å². The minimum atomic E-state index is 1.09. The number of nitrogens with one attached hydrogen (secondary N) is 4. The Bertz CT molecular complexity index is 185.